The van der Waals surface area contributed by atoms with E-state index >= 15 is 0 Å². The van der Waals surface area contributed by atoms with Gasteiger partial charge in [0.1, 0.15) is 22.3 Å². The first kappa shape index (κ1) is 18.1. The maximum Gasteiger partial charge on any atom is 0.253 e. The number of hydrogen-bond acceptors (Lipinski definition) is 6. The lowest BCUT2D eigenvalue weighted by Crippen LogP contribution is -2.15. The van der Waals surface area contributed by atoms with Crippen LogP contribution < -0.4 is 16.2 Å². The van der Waals surface area contributed by atoms with Crippen molar-refractivity contribution >= 4 is 34.1 Å². The fraction of sp³-hybridized carbons (Fsp3) is 0.211. The summed E-state index contributed by atoms with van der Waals surface area (Å²) in [4.78, 5) is 16.7. The third-order valence-electron chi connectivity index (χ3n) is 4.90. The van der Waals surface area contributed by atoms with Crippen molar-refractivity contribution in [3.63, 3.8) is 0 Å². The van der Waals surface area contributed by atoms with Gasteiger partial charge in [-0.25, -0.2) is 4.98 Å². The van der Waals surface area contributed by atoms with Gasteiger partial charge in [-0.2, -0.15) is 5.10 Å². The zero-order valence-corrected chi connectivity index (χ0v) is 16.8. The number of fused-ring (bicyclic) bond motifs is 1. The molecule has 0 saturated heterocycles. The van der Waals surface area contributed by atoms with Crippen LogP contribution in [0.5, 0.6) is 5.75 Å². The highest BCUT2D eigenvalue weighted by Gasteiger charge is 2.29. The summed E-state index contributed by atoms with van der Waals surface area (Å²) in [5.74, 6) is 0.367. The van der Waals surface area contributed by atoms with Crippen LogP contribution in [-0.4, -0.2) is 32.3 Å². The smallest absolute Gasteiger partial charge is 0.253 e. The van der Waals surface area contributed by atoms with Gasteiger partial charge in [-0.3, -0.25) is 14.0 Å². The molecule has 0 unspecified atom stereocenters. The summed E-state index contributed by atoms with van der Waals surface area (Å²) in [5.41, 5.74) is 16.4. The molecule has 0 radical (unpaired) electrons. The Bertz CT molecular complexity index is 1220. The average Bonchev–Trinajstić information content (AvgIpc) is 3.32. The molecule has 1 aromatic carbocycles. The summed E-state index contributed by atoms with van der Waals surface area (Å²) in [6, 6.07) is 3.85. The number of amides is 1. The molecule has 28 heavy (non-hydrogen) atoms. The minimum Gasteiger partial charge on any atom is -0.496 e. The second kappa shape index (κ2) is 6.38. The molecule has 0 aliphatic heterocycles. The van der Waals surface area contributed by atoms with Crippen molar-refractivity contribution in [1.29, 1.82) is 0 Å². The van der Waals surface area contributed by atoms with Crippen LogP contribution in [0.15, 0.2) is 23.7 Å². The van der Waals surface area contributed by atoms with Crippen LogP contribution in [-0.2, 0) is 7.05 Å². The predicted octanol–water partition coefficient (Wildman–Crippen LogP) is 2.79. The normalized spacial score (nSPS) is 11.3. The zero-order chi connectivity index (χ0) is 20.2. The van der Waals surface area contributed by atoms with E-state index < -0.39 is 5.91 Å². The Morgan fingerprint density at radius 1 is 1.29 bits per heavy atom. The number of methoxy groups -OCH3 is 1. The molecule has 0 bridgehead atoms. The Balaban J connectivity index is 2.18. The number of ether oxygens (including phenoxy) is 1. The van der Waals surface area contributed by atoms with Crippen molar-refractivity contribution in [2.75, 3.05) is 12.8 Å². The second-order valence-electron chi connectivity index (χ2n) is 6.53. The molecule has 0 fully saturated rings. The maximum atomic E-state index is 12.4. The largest absolute Gasteiger partial charge is 0.496 e. The Kier molecular flexibility index (Phi) is 4.11. The van der Waals surface area contributed by atoms with E-state index in [-0.39, 0.29) is 11.4 Å². The third-order valence-corrected chi connectivity index (χ3v) is 5.68. The Labute approximate surface area is 165 Å². The van der Waals surface area contributed by atoms with Crippen molar-refractivity contribution in [2.24, 2.45) is 12.8 Å². The number of nitrogens with two attached hydrogens (primary N) is 2. The molecule has 8 nitrogen and oxygen atoms in total. The van der Waals surface area contributed by atoms with Crippen LogP contribution in [0.1, 0.15) is 21.5 Å². The summed E-state index contributed by atoms with van der Waals surface area (Å²) in [6.45, 7) is 3.92. The van der Waals surface area contributed by atoms with Crippen molar-refractivity contribution in [2.45, 2.75) is 13.8 Å². The number of hydrogen-bond donors (Lipinski definition) is 2. The van der Waals surface area contributed by atoms with Crippen LogP contribution in [0.25, 0.3) is 27.4 Å². The van der Waals surface area contributed by atoms with Gasteiger partial charge >= 0.3 is 0 Å². The van der Waals surface area contributed by atoms with Crippen LogP contribution in [0, 0.1) is 13.8 Å². The highest BCUT2D eigenvalue weighted by molar-refractivity contribution is 7.13. The first-order valence-corrected chi connectivity index (χ1v) is 9.45. The van der Waals surface area contributed by atoms with Gasteiger partial charge in [0.15, 0.2) is 5.65 Å². The summed E-state index contributed by atoms with van der Waals surface area (Å²) < 4.78 is 8.96. The van der Waals surface area contributed by atoms with E-state index in [9.17, 15) is 4.79 Å². The first-order chi connectivity index (χ1) is 13.4. The third kappa shape index (κ3) is 2.40. The van der Waals surface area contributed by atoms with Gasteiger partial charge in [-0.15, -0.1) is 11.3 Å². The SMILES string of the molecule is COc1ccc(C)c(-n2c(N)c(C(N)=O)c3c(-c4nccs4)n(C)nc32)c1C. The van der Waals surface area contributed by atoms with E-state index in [4.69, 9.17) is 16.2 Å². The molecule has 4 N–H and O–H groups in total. The van der Waals surface area contributed by atoms with Crippen molar-refractivity contribution in [3.05, 3.63) is 40.4 Å². The van der Waals surface area contributed by atoms with E-state index in [1.807, 2.05) is 38.4 Å². The molecular weight excluding hydrogens is 376 g/mol. The minimum atomic E-state index is -0.606. The molecule has 0 spiro atoms. The van der Waals surface area contributed by atoms with Crippen molar-refractivity contribution < 1.29 is 9.53 Å². The Morgan fingerprint density at radius 3 is 2.64 bits per heavy atom. The lowest BCUT2D eigenvalue weighted by molar-refractivity contribution is 0.100. The van der Waals surface area contributed by atoms with Crippen molar-refractivity contribution in [1.82, 2.24) is 19.3 Å². The lowest BCUT2D eigenvalue weighted by atomic mass is 10.1. The number of rotatable bonds is 4. The number of primary amides is 1. The summed E-state index contributed by atoms with van der Waals surface area (Å²) in [7, 11) is 3.43. The number of thiazole rings is 1. The molecule has 0 aliphatic rings. The Hall–Kier alpha value is -3.33. The molecule has 3 heterocycles. The van der Waals surface area contributed by atoms with E-state index in [1.54, 1.807) is 22.6 Å². The summed E-state index contributed by atoms with van der Waals surface area (Å²) in [5, 5.41) is 7.88. The number of nitrogens with zero attached hydrogens (tertiary/aromatic N) is 4. The fourth-order valence-corrected chi connectivity index (χ4v) is 4.41. The average molecular weight is 396 g/mol. The molecule has 4 aromatic rings. The molecule has 0 saturated carbocycles. The zero-order valence-electron chi connectivity index (χ0n) is 16.0. The number of anilines is 1. The van der Waals surface area contributed by atoms with Gasteiger partial charge in [0.25, 0.3) is 5.91 Å². The van der Waals surface area contributed by atoms with Crippen LogP contribution in [0.4, 0.5) is 5.82 Å². The summed E-state index contributed by atoms with van der Waals surface area (Å²) in [6.07, 6.45) is 1.71. The Morgan fingerprint density at radius 2 is 2.04 bits per heavy atom. The lowest BCUT2D eigenvalue weighted by Gasteiger charge is -2.16. The van der Waals surface area contributed by atoms with Gasteiger partial charge in [-0.05, 0) is 25.5 Å². The minimum absolute atomic E-state index is 0.245. The van der Waals surface area contributed by atoms with Gasteiger partial charge < -0.3 is 16.2 Å². The molecule has 0 atom stereocenters. The standard InChI is InChI=1S/C19H20N6O2S/c1-9-5-6-11(27-4)10(2)14(9)25-16(20)13(17(21)26)12-15(19-22-7-8-28-19)24(3)23-18(12)25/h5-8H,20H2,1-4H3,(H2,21,26). The second-order valence-corrected chi connectivity index (χ2v) is 7.42. The van der Waals surface area contributed by atoms with E-state index in [0.29, 0.717) is 16.7 Å². The topological polar surface area (TPSA) is 114 Å². The molecular formula is C19H20N6O2S. The van der Waals surface area contributed by atoms with Gasteiger partial charge in [-0.1, -0.05) is 6.07 Å². The van der Waals surface area contributed by atoms with Gasteiger partial charge in [0, 0.05) is 24.2 Å². The van der Waals surface area contributed by atoms with Crippen LogP contribution >= 0.6 is 11.3 Å². The molecule has 144 valence electrons. The van der Waals surface area contributed by atoms with E-state index in [1.165, 1.54) is 11.3 Å². The number of carbonyl (C=O) groups excluding carboxylic acids is 1. The highest BCUT2D eigenvalue weighted by atomic mass is 32.1. The van der Waals surface area contributed by atoms with Crippen molar-refractivity contribution in [3.8, 4) is 22.1 Å². The van der Waals surface area contributed by atoms with Gasteiger partial charge in [0.05, 0.1) is 23.7 Å². The maximum absolute atomic E-state index is 12.4. The monoisotopic (exact) mass is 396 g/mol. The quantitative estimate of drug-likeness (QED) is 0.550. The highest BCUT2D eigenvalue weighted by Crippen LogP contribution is 2.40. The van der Waals surface area contributed by atoms with Gasteiger partial charge in [0.2, 0.25) is 0 Å². The molecule has 0 aliphatic carbocycles. The van der Waals surface area contributed by atoms with Crippen LogP contribution in [0.3, 0.4) is 0 Å². The predicted molar refractivity (Wildman–Crippen MR) is 110 cm³/mol. The number of benzene rings is 1. The van der Waals surface area contributed by atoms with Crippen LogP contribution in [0.2, 0.25) is 0 Å². The van der Waals surface area contributed by atoms with E-state index in [0.717, 1.165) is 27.6 Å². The number of carbonyl (C=O) groups is 1. The number of nitrogen functional groups attached to an aromatic ring is 1. The summed E-state index contributed by atoms with van der Waals surface area (Å²) >= 11 is 1.46. The molecule has 9 heteroatoms. The first-order valence-electron chi connectivity index (χ1n) is 8.57. The number of aryl methyl sites for hydroxylation is 2. The molecule has 4 rings (SSSR count). The molecule has 1 amide bonds. The van der Waals surface area contributed by atoms with E-state index in [2.05, 4.69) is 10.1 Å². The fourth-order valence-electron chi connectivity index (χ4n) is 3.69. The number of aromatic nitrogens is 4. The molecule has 3 aromatic heterocycles.